The molecule has 0 saturated heterocycles. The largest absolute Gasteiger partial charge is 0.394 e. The Balaban J connectivity index is 2.53. The van der Waals surface area contributed by atoms with Crippen LogP contribution in [0.15, 0.2) is 0 Å². The molecular formula is C4H12N2O2. The molecule has 0 atom stereocenters. The number of hydrogen-bond acceptors (Lipinski definition) is 4. The van der Waals surface area contributed by atoms with Gasteiger partial charge in [0.15, 0.2) is 0 Å². The minimum atomic E-state index is 0.0740. The molecule has 0 saturated carbocycles. The van der Waals surface area contributed by atoms with E-state index in [2.05, 4.69) is 5.43 Å². The van der Waals surface area contributed by atoms with E-state index >= 15 is 0 Å². The van der Waals surface area contributed by atoms with E-state index in [9.17, 15) is 0 Å². The lowest BCUT2D eigenvalue weighted by Crippen LogP contribution is -2.26. The molecule has 50 valence electrons. The summed E-state index contributed by atoms with van der Waals surface area (Å²) >= 11 is 0. The molecule has 0 aromatic carbocycles. The van der Waals surface area contributed by atoms with E-state index in [0.717, 1.165) is 0 Å². The van der Waals surface area contributed by atoms with Gasteiger partial charge in [0.2, 0.25) is 0 Å². The first kappa shape index (κ1) is 7.84. The van der Waals surface area contributed by atoms with Crippen molar-refractivity contribution >= 4 is 0 Å². The summed E-state index contributed by atoms with van der Waals surface area (Å²) in [6.45, 7) is 1.64. The second-order valence-corrected chi connectivity index (χ2v) is 1.29. The smallest absolute Gasteiger partial charge is 0.0698 e. The highest BCUT2D eigenvalue weighted by atomic mass is 16.5. The summed E-state index contributed by atoms with van der Waals surface area (Å²) in [6, 6.07) is 0. The maximum atomic E-state index is 8.19. The Bertz CT molecular complexity index is 37.0. The minimum absolute atomic E-state index is 0.0740. The molecule has 0 aliphatic rings. The summed E-state index contributed by atoms with van der Waals surface area (Å²) in [4.78, 5) is 0. The molecule has 0 fully saturated rings. The number of aliphatic hydroxyl groups excluding tert-OH is 1. The quantitative estimate of drug-likeness (QED) is 0.234. The average Bonchev–Trinajstić information content (AvgIpc) is 1.81. The molecule has 0 aromatic rings. The number of hydrogen-bond donors (Lipinski definition) is 3. The third kappa shape index (κ3) is 5.84. The lowest BCUT2D eigenvalue weighted by Gasteiger charge is -1.98. The first-order valence-electron chi connectivity index (χ1n) is 2.54. The van der Waals surface area contributed by atoms with E-state index in [-0.39, 0.29) is 6.61 Å². The van der Waals surface area contributed by atoms with Gasteiger partial charge in [0.1, 0.15) is 0 Å². The molecule has 0 spiro atoms. The first-order chi connectivity index (χ1) is 3.91. The van der Waals surface area contributed by atoms with Crippen LogP contribution >= 0.6 is 0 Å². The van der Waals surface area contributed by atoms with Crippen molar-refractivity contribution in [2.24, 2.45) is 5.84 Å². The highest BCUT2D eigenvalue weighted by Gasteiger charge is 1.81. The van der Waals surface area contributed by atoms with Gasteiger partial charge in [-0.2, -0.15) is 0 Å². The fourth-order valence-electron chi connectivity index (χ4n) is 0.298. The molecule has 0 unspecified atom stereocenters. The topological polar surface area (TPSA) is 67.5 Å². The number of aliphatic hydroxyl groups is 1. The second kappa shape index (κ2) is 6.84. The monoisotopic (exact) mass is 120 g/mol. The molecule has 0 heterocycles. The molecule has 8 heavy (non-hydrogen) atoms. The number of nitrogens with one attached hydrogen (secondary N) is 1. The Morgan fingerprint density at radius 2 is 2.25 bits per heavy atom. The first-order valence-corrected chi connectivity index (χ1v) is 2.54. The SMILES string of the molecule is NNCCOCCO. The van der Waals surface area contributed by atoms with E-state index in [4.69, 9.17) is 15.7 Å². The lowest BCUT2D eigenvalue weighted by atomic mass is 10.7. The zero-order valence-electron chi connectivity index (χ0n) is 4.76. The van der Waals surface area contributed by atoms with Crippen molar-refractivity contribution in [1.29, 1.82) is 0 Å². The van der Waals surface area contributed by atoms with Gasteiger partial charge >= 0.3 is 0 Å². The molecule has 0 rings (SSSR count). The molecule has 4 nitrogen and oxygen atoms in total. The maximum absolute atomic E-state index is 8.19. The standard InChI is InChI=1S/C4H12N2O2/c5-6-1-3-8-4-2-7/h6-7H,1-5H2. The zero-order chi connectivity index (χ0) is 6.24. The summed E-state index contributed by atoms with van der Waals surface area (Å²) in [5, 5.41) is 8.19. The van der Waals surface area contributed by atoms with Crippen molar-refractivity contribution < 1.29 is 9.84 Å². The molecule has 0 radical (unpaired) electrons. The molecule has 4 heteroatoms. The van der Waals surface area contributed by atoms with E-state index in [1.807, 2.05) is 0 Å². The third-order valence-corrected chi connectivity index (χ3v) is 0.626. The fraction of sp³-hybridized carbons (Fsp3) is 1.00. The summed E-state index contributed by atoms with van der Waals surface area (Å²) in [7, 11) is 0. The van der Waals surface area contributed by atoms with Gasteiger partial charge in [-0.25, -0.2) is 0 Å². The number of ether oxygens (including phenoxy) is 1. The molecule has 0 aromatic heterocycles. The minimum Gasteiger partial charge on any atom is -0.394 e. The van der Waals surface area contributed by atoms with E-state index in [1.54, 1.807) is 0 Å². The summed E-state index contributed by atoms with van der Waals surface area (Å²) in [5.74, 6) is 4.92. The Kier molecular flexibility index (Phi) is 6.70. The van der Waals surface area contributed by atoms with Crippen LogP contribution in [0.25, 0.3) is 0 Å². The van der Waals surface area contributed by atoms with Gasteiger partial charge in [0.25, 0.3) is 0 Å². The predicted molar refractivity (Wildman–Crippen MR) is 30.1 cm³/mol. The van der Waals surface area contributed by atoms with Crippen LogP contribution in [0.2, 0.25) is 0 Å². The van der Waals surface area contributed by atoms with Crippen LogP contribution in [-0.2, 0) is 4.74 Å². The van der Waals surface area contributed by atoms with Gasteiger partial charge in [-0.1, -0.05) is 0 Å². The van der Waals surface area contributed by atoms with Crippen molar-refractivity contribution in [3.63, 3.8) is 0 Å². The molecular weight excluding hydrogens is 108 g/mol. The molecule has 0 aliphatic heterocycles. The normalized spacial score (nSPS) is 9.75. The van der Waals surface area contributed by atoms with Crippen molar-refractivity contribution in [3.05, 3.63) is 0 Å². The van der Waals surface area contributed by atoms with Gasteiger partial charge in [0, 0.05) is 6.54 Å². The maximum Gasteiger partial charge on any atom is 0.0698 e. The summed E-state index contributed by atoms with van der Waals surface area (Å²) in [6.07, 6.45) is 0. The molecule has 0 aliphatic carbocycles. The third-order valence-electron chi connectivity index (χ3n) is 0.626. The Morgan fingerprint density at radius 1 is 1.50 bits per heavy atom. The van der Waals surface area contributed by atoms with Gasteiger partial charge in [0.05, 0.1) is 19.8 Å². The number of nitrogens with two attached hydrogens (primary N) is 1. The van der Waals surface area contributed by atoms with E-state index in [1.165, 1.54) is 0 Å². The zero-order valence-corrected chi connectivity index (χ0v) is 4.76. The highest BCUT2D eigenvalue weighted by Crippen LogP contribution is 1.68. The molecule has 0 bridgehead atoms. The predicted octanol–water partition coefficient (Wildman–Crippen LogP) is -1.54. The van der Waals surface area contributed by atoms with Crippen molar-refractivity contribution in [3.8, 4) is 0 Å². The van der Waals surface area contributed by atoms with Crippen molar-refractivity contribution in [2.75, 3.05) is 26.4 Å². The van der Waals surface area contributed by atoms with Crippen LogP contribution in [-0.4, -0.2) is 31.5 Å². The van der Waals surface area contributed by atoms with Crippen LogP contribution in [0.4, 0.5) is 0 Å². The van der Waals surface area contributed by atoms with Crippen LogP contribution in [0, 0.1) is 0 Å². The van der Waals surface area contributed by atoms with Crippen LogP contribution in [0.3, 0.4) is 0 Å². The van der Waals surface area contributed by atoms with Crippen LogP contribution < -0.4 is 11.3 Å². The van der Waals surface area contributed by atoms with E-state index in [0.29, 0.717) is 19.8 Å². The summed E-state index contributed by atoms with van der Waals surface area (Å²) in [5.41, 5.74) is 2.42. The van der Waals surface area contributed by atoms with Gasteiger partial charge in [-0.15, -0.1) is 0 Å². The Labute approximate surface area is 48.6 Å². The summed E-state index contributed by atoms with van der Waals surface area (Å²) < 4.78 is 4.83. The van der Waals surface area contributed by atoms with Crippen LogP contribution in [0.1, 0.15) is 0 Å². The van der Waals surface area contributed by atoms with Gasteiger partial charge in [-0.05, 0) is 0 Å². The second-order valence-electron chi connectivity index (χ2n) is 1.29. The highest BCUT2D eigenvalue weighted by molar-refractivity contribution is 4.32. The van der Waals surface area contributed by atoms with E-state index < -0.39 is 0 Å². The number of rotatable bonds is 5. The van der Waals surface area contributed by atoms with Crippen LogP contribution in [0.5, 0.6) is 0 Å². The lowest BCUT2D eigenvalue weighted by molar-refractivity contribution is 0.0940. The van der Waals surface area contributed by atoms with Gasteiger partial charge < -0.3 is 9.84 Å². The van der Waals surface area contributed by atoms with Crippen molar-refractivity contribution in [2.45, 2.75) is 0 Å². The van der Waals surface area contributed by atoms with Gasteiger partial charge in [-0.3, -0.25) is 11.3 Å². The Hall–Kier alpha value is -0.160. The molecule has 4 N–H and O–H groups in total. The number of hydrazine groups is 1. The average molecular weight is 120 g/mol. The Morgan fingerprint density at radius 3 is 2.75 bits per heavy atom. The van der Waals surface area contributed by atoms with Crippen molar-refractivity contribution in [1.82, 2.24) is 5.43 Å². The molecule has 0 amide bonds. The fourth-order valence-corrected chi connectivity index (χ4v) is 0.298.